The Bertz CT molecular complexity index is 851. The number of aromatic nitrogens is 2. The smallest absolute Gasteiger partial charge is 0.227 e. The summed E-state index contributed by atoms with van der Waals surface area (Å²) >= 11 is 6.21. The number of hydrogen-bond acceptors (Lipinski definition) is 8. The van der Waals surface area contributed by atoms with Crippen LogP contribution < -0.4 is 15.0 Å². The molecule has 1 aromatic carbocycles. The van der Waals surface area contributed by atoms with Gasteiger partial charge in [-0.15, -0.1) is 0 Å². The van der Waals surface area contributed by atoms with Crippen LogP contribution in [0.5, 0.6) is 5.75 Å². The first-order valence-corrected chi connectivity index (χ1v) is 9.77. The standard InChI is InChI=1S/C20H25ClN4O4/c1-28-17-6-5-13(8-16(17)21)9-22-19-15(18(12-27)29-2)10-23-20(24-19)25-7-3-4-14(25)11-26/h5-6,8,10,12,14,18,26H,3-4,7,9,11H2,1-2H3,(H,22,23,24)/t14-,18+/m0/s1. The van der Waals surface area contributed by atoms with Gasteiger partial charge in [0.25, 0.3) is 0 Å². The predicted octanol–water partition coefficient (Wildman–Crippen LogP) is 2.60. The van der Waals surface area contributed by atoms with E-state index in [1.54, 1.807) is 19.4 Å². The Hall–Kier alpha value is -2.42. The van der Waals surface area contributed by atoms with Crippen molar-refractivity contribution in [3.63, 3.8) is 0 Å². The Labute approximate surface area is 174 Å². The molecule has 0 radical (unpaired) electrons. The first kappa shape index (κ1) is 21.3. The number of aldehydes is 1. The number of halogens is 1. The third-order valence-corrected chi connectivity index (χ3v) is 5.30. The van der Waals surface area contributed by atoms with Crippen LogP contribution in [0, 0.1) is 0 Å². The Morgan fingerprint density at radius 3 is 2.93 bits per heavy atom. The summed E-state index contributed by atoms with van der Waals surface area (Å²) < 4.78 is 10.4. The fourth-order valence-corrected chi connectivity index (χ4v) is 3.70. The maximum atomic E-state index is 11.4. The van der Waals surface area contributed by atoms with Gasteiger partial charge in [-0.25, -0.2) is 4.98 Å². The number of carbonyl (C=O) groups excluding carboxylic acids is 1. The van der Waals surface area contributed by atoms with Crippen molar-refractivity contribution in [1.29, 1.82) is 0 Å². The second-order valence-corrected chi connectivity index (χ2v) is 7.17. The van der Waals surface area contributed by atoms with Gasteiger partial charge in [-0.05, 0) is 30.5 Å². The number of aliphatic hydroxyl groups is 1. The molecule has 1 saturated heterocycles. The lowest BCUT2D eigenvalue weighted by Gasteiger charge is -2.24. The minimum absolute atomic E-state index is 0.00149. The zero-order valence-electron chi connectivity index (χ0n) is 16.5. The summed E-state index contributed by atoms with van der Waals surface area (Å²) in [4.78, 5) is 22.5. The third kappa shape index (κ3) is 4.77. The molecular formula is C20H25ClN4O4. The molecule has 9 heteroatoms. The lowest BCUT2D eigenvalue weighted by molar-refractivity contribution is -0.116. The summed E-state index contributed by atoms with van der Waals surface area (Å²) in [6.07, 6.45) is 3.39. The van der Waals surface area contributed by atoms with Crippen molar-refractivity contribution in [2.75, 3.05) is 37.6 Å². The van der Waals surface area contributed by atoms with E-state index in [0.29, 0.717) is 40.9 Å². The topological polar surface area (TPSA) is 96.8 Å². The average Bonchev–Trinajstić information content (AvgIpc) is 3.22. The molecule has 2 atom stereocenters. The van der Waals surface area contributed by atoms with Crippen LogP contribution >= 0.6 is 11.6 Å². The van der Waals surface area contributed by atoms with E-state index in [0.717, 1.165) is 24.9 Å². The van der Waals surface area contributed by atoms with Gasteiger partial charge in [-0.1, -0.05) is 17.7 Å². The number of hydrogen-bond donors (Lipinski definition) is 2. The van der Waals surface area contributed by atoms with E-state index in [1.165, 1.54) is 7.11 Å². The van der Waals surface area contributed by atoms with Crippen molar-refractivity contribution < 1.29 is 19.4 Å². The molecule has 0 bridgehead atoms. The molecular weight excluding hydrogens is 396 g/mol. The largest absolute Gasteiger partial charge is 0.495 e. The van der Waals surface area contributed by atoms with E-state index in [1.807, 2.05) is 17.0 Å². The zero-order chi connectivity index (χ0) is 20.8. The molecule has 156 valence electrons. The van der Waals surface area contributed by atoms with Gasteiger partial charge >= 0.3 is 0 Å². The molecule has 2 N–H and O–H groups in total. The fraction of sp³-hybridized carbons (Fsp3) is 0.450. The number of ether oxygens (including phenoxy) is 2. The highest BCUT2D eigenvalue weighted by Gasteiger charge is 2.27. The molecule has 29 heavy (non-hydrogen) atoms. The summed E-state index contributed by atoms with van der Waals surface area (Å²) in [5, 5.41) is 13.4. The highest BCUT2D eigenvalue weighted by molar-refractivity contribution is 6.32. The molecule has 1 aliphatic heterocycles. The maximum absolute atomic E-state index is 11.4. The lowest BCUT2D eigenvalue weighted by atomic mass is 10.1. The minimum atomic E-state index is -0.779. The SMILES string of the molecule is COc1ccc(CNc2nc(N3CCC[C@H]3CO)ncc2[C@@H](C=O)OC)cc1Cl. The third-order valence-electron chi connectivity index (χ3n) is 5.01. The first-order chi connectivity index (χ1) is 14.1. The lowest BCUT2D eigenvalue weighted by Crippen LogP contribution is -2.33. The Morgan fingerprint density at radius 2 is 2.28 bits per heavy atom. The van der Waals surface area contributed by atoms with Crippen molar-refractivity contribution in [2.24, 2.45) is 0 Å². The van der Waals surface area contributed by atoms with E-state index in [-0.39, 0.29) is 12.6 Å². The van der Waals surface area contributed by atoms with Crippen LogP contribution in [-0.4, -0.2) is 54.8 Å². The van der Waals surface area contributed by atoms with Crippen molar-refractivity contribution in [2.45, 2.75) is 31.5 Å². The maximum Gasteiger partial charge on any atom is 0.227 e. The molecule has 1 fully saturated rings. The second-order valence-electron chi connectivity index (χ2n) is 6.76. The predicted molar refractivity (Wildman–Crippen MR) is 111 cm³/mol. The number of nitrogens with zero attached hydrogens (tertiary/aromatic N) is 3. The van der Waals surface area contributed by atoms with Crippen LogP contribution in [0.4, 0.5) is 11.8 Å². The molecule has 2 aromatic rings. The van der Waals surface area contributed by atoms with Crippen LogP contribution in [0.3, 0.4) is 0 Å². The highest BCUT2D eigenvalue weighted by atomic mass is 35.5. The monoisotopic (exact) mass is 420 g/mol. The first-order valence-electron chi connectivity index (χ1n) is 9.40. The van der Waals surface area contributed by atoms with Gasteiger partial charge in [-0.3, -0.25) is 0 Å². The van der Waals surface area contributed by atoms with Crippen molar-refractivity contribution in [3.8, 4) is 5.75 Å². The van der Waals surface area contributed by atoms with E-state index < -0.39 is 6.10 Å². The van der Waals surface area contributed by atoms with Crippen LogP contribution in [0.25, 0.3) is 0 Å². The molecule has 1 aliphatic rings. The number of nitrogens with one attached hydrogen (secondary N) is 1. The van der Waals surface area contributed by atoms with Crippen LogP contribution in [0.1, 0.15) is 30.1 Å². The molecule has 1 aromatic heterocycles. The van der Waals surface area contributed by atoms with E-state index in [9.17, 15) is 9.90 Å². The van der Waals surface area contributed by atoms with Crippen LogP contribution in [0.2, 0.25) is 5.02 Å². The molecule has 2 heterocycles. The van der Waals surface area contributed by atoms with Crippen molar-refractivity contribution >= 4 is 29.7 Å². The normalized spacial score (nSPS) is 17.2. The summed E-state index contributed by atoms with van der Waals surface area (Å²) in [5.74, 6) is 1.62. The van der Waals surface area contributed by atoms with Gasteiger partial charge in [0, 0.05) is 32.0 Å². The van der Waals surface area contributed by atoms with Gasteiger partial charge < -0.3 is 29.6 Å². The average molecular weight is 421 g/mol. The summed E-state index contributed by atoms with van der Waals surface area (Å²) in [6, 6.07) is 5.50. The molecule has 0 aliphatic carbocycles. The van der Waals surface area contributed by atoms with Gasteiger partial charge in [-0.2, -0.15) is 4.98 Å². The molecule has 0 saturated carbocycles. The highest BCUT2D eigenvalue weighted by Crippen LogP contribution is 2.29. The Morgan fingerprint density at radius 1 is 1.45 bits per heavy atom. The number of benzene rings is 1. The summed E-state index contributed by atoms with van der Waals surface area (Å²) in [7, 11) is 3.03. The van der Waals surface area contributed by atoms with Gasteiger partial charge in [0.05, 0.1) is 24.8 Å². The summed E-state index contributed by atoms with van der Waals surface area (Å²) in [6.45, 7) is 1.26. The Balaban J connectivity index is 1.87. The second kappa shape index (κ2) is 9.87. The van der Waals surface area contributed by atoms with Crippen molar-refractivity contribution in [1.82, 2.24) is 9.97 Å². The van der Waals surface area contributed by atoms with Gasteiger partial charge in [0.2, 0.25) is 5.95 Å². The molecule has 0 spiro atoms. The quantitative estimate of drug-likeness (QED) is 0.597. The van der Waals surface area contributed by atoms with E-state index in [4.69, 9.17) is 21.1 Å². The minimum Gasteiger partial charge on any atom is -0.495 e. The summed E-state index contributed by atoms with van der Waals surface area (Å²) in [5.41, 5.74) is 1.47. The number of rotatable bonds is 9. The molecule has 8 nitrogen and oxygen atoms in total. The molecule has 0 unspecified atom stereocenters. The van der Waals surface area contributed by atoms with E-state index >= 15 is 0 Å². The fourth-order valence-electron chi connectivity index (χ4n) is 3.42. The van der Waals surface area contributed by atoms with Crippen LogP contribution in [0.15, 0.2) is 24.4 Å². The van der Waals surface area contributed by atoms with Crippen LogP contribution in [-0.2, 0) is 16.1 Å². The number of aliphatic hydroxyl groups excluding tert-OH is 1. The number of methoxy groups -OCH3 is 2. The van der Waals surface area contributed by atoms with Gasteiger partial charge in [0.15, 0.2) is 6.29 Å². The Kier molecular flexibility index (Phi) is 7.24. The van der Waals surface area contributed by atoms with Crippen molar-refractivity contribution in [3.05, 3.63) is 40.5 Å². The van der Waals surface area contributed by atoms with E-state index in [2.05, 4.69) is 15.3 Å². The molecule has 3 rings (SSSR count). The number of carbonyl (C=O) groups is 1. The van der Waals surface area contributed by atoms with Gasteiger partial charge in [0.1, 0.15) is 17.7 Å². The molecule has 0 amide bonds. The zero-order valence-corrected chi connectivity index (χ0v) is 17.2. The number of anilines is 2.